The van der Waals surface area contributed by atoms with Crippen molar-refractivity contribution in [3.05, 3.63) is 29.6 Å². The summed E-state index contributed by atoms with van der Waals surface area (Å²) in [6.07, 6.45) is 1.83. The van der Waals surface area contributed by atoms with Crippen LogP contribution in [0.1, 0.15) is 24.4 Å². The number of ether oxygens (including phenoxy) is 1. The maximum atomic E-state index is 12.8. The van der Waals surface area contributed by atoms with E-state index in [2.05, 4.69) is 0 Å². The zero-order chi connectivity index (χ0) is 9.26. The summed E-state index contributed by atoms with van der Waals surface area (Å²) in [6, 6.07) is 4.52. The molecule has 2 rings (SSSR count). The normalized spacial score (nSPS) is 21.5. The smallest absolute Gasteiger partial charge is 0.126 e. The predicted octanol–water partition coefficient (Wildman–Crippen LogP) is 2.00. The lowest BCUT2D eigenvalue weighted by Gasteiger charge is -2.10. The minimum atomic E-state index is -0.271. The maximum Gasteiger partial charge on any atom is 0.126 e. The molecular weight excluding hydrogens is 169 g/mol. The second kappa shape index (κ2) is 3.34. The number of benzene rings is 1. The van der Waals surface area contributed by atoms with E-state index in [4.69, 9.17) is 10.5 Å². The Morgan fingerprint density at radius 3 is 3.15 bits per heavy atom. The molecule has 0 saturated carbocycles. The van der Waals surface area contributed by atoms with Crippen LogP contribution >= 0.6 is 0 Å². The molecule has 1 unspecified atom stereocenters. The van der Waals surface area contributed by atoms with E-state index >= 15 is 0 Å². The molecule has 1 aromatic carbocycles. The maximum absolute atomic E-state index is 12.8. The molecule has 0 fully saturated rings. The lowest BCUT2D eigenvalue weighted by molar-refractivity contribution is 0.314. The summed E-state index contributed by atoms with van der Waals surface area (Å²) >= 11 is 0. The molecule has 2 nitrogen and oxygen atoms in total. The minimum absolute atomic E-state index is 0.0156. The van der Waals surface area contributed by atoms with Crippen molar-refractivity contribution >= 4 is 0 Å². The van der Waals surface area contributed by atoms with E-state index in [0.717, 1.165) is 18.4 Å². The van der Waals surface area contributed by atoms with Crippen LogP contribution in [0.2, 0.25) is 0 Å². The topological polar surface area (TPSA) is 35.2 Å². The van der Waals surface area contributed by atoms with Gasteiger partial charge < -0.3 is 10.5 Å². The Labute approximate surface area is 76.5 Å². The van der Waals surface area contributed by atoms with Crippen molar-refractivity contribution in [1.82, 2.24) is 0 Å². The number of hydrogen-bond acceptors (Lipinski definition) is 2. The second-order valence-electron chi connectivity index (χ2n) is 3.28. The number of hydrogen-bond donors (Lipinski definition) is 1. The monoisotopic (exact) mass is 181 g/mol. The van der Waals surface area contributed by atoms with Crippen LogP contribution in [-0.4, -0.2) is 6.61 Å². The highest BCUT2D eigenvalue weighted by Crippen LogP contribution is 2.30. The summed E-state index contributed by atoms with van der Waals surface area (Å²) in [5.74, 6) is 0.331. The van der Waals surface area contributed by atoms with Crippen LogP contribution in [0.25, 0.3) is 0 Å². The summed E-state index contributed by atoms with van der Waals surface area (Å²) in [5.41, 5.74) is 6.81. The average Bonchev–Trinajstić information content (AvgIpc) is 2.28. The highest BCUT2D eigenvalue weighted by molar-refractivity contribution is 5.36. The number of fused-ring (bicyclic) bond motifs is 1. The zero-order valence-electron chi connectivity index (χ0n) is 7.29. The molecule has 0 saturated heterocycles. The molecule has 3 heteroatoms. The Balaban J connectivity index is 2.42. The van der Waals surface area contributed by atoms with Gasteiger partial charge in [0.05, 0.1) is 6.61 Å². The lowest BCUT2D eigenvalue weighted by atomic mass is 10.0. The third-order valence-corrected chi connectivity index (χ3v) is 2.29. The molecule has 1 atom stereocenters. The lowest BCUT2D eigenvalue weighted by Crippen LogP contribution is -2.08. The van der Waals surface area contributed by atoms with Crippen LogP contribution in [0.4, 0.5) is 4.39 Å². The highest BCUT2D eigenvalue weighted by Gasteiger charge is 2.16. The Bertz CT molecular complexity index is 314. The molecule has 2 N–H and O–H groups in total. The fraction of sp³-hybridized carbons (Fsp3) is 0.400. The van der Waals surface area contributed by atoms with E-state index in [-0.39, 0.29) is 11.9 Å². The van der Waals surface area contributed by atoms with Crippen molar-refractivity contribution in [2.24, 2.45) is 5.73 Å². The fourth-order valence-corrected chi connectivity index (χ4v) is 1.58. The van der Waals surface area contributed by atoms with Crippen molar-refractivity contribution in [3.63, 3.8) is 0 Å². The molecule has 1 aliphatic rings. The van der Waals surface area contributed by atoms with Gasteiger partial charge in [-0.3, -0.25) is 0 Å². The van der Waals surface area contributed by atoms with Gasteiger partial charge in [0.2, 0.25) is 0 Å². The summed E-state index contributed by atoms with van der Waals surface area (Å²) in [7, 11) is 0. The Hall–Kier alpha value is -1.09. The minimum Gasteiger partial charge on any atom is -0.493 e. The SMILES string of the molecule is NC1CCCOc2cc(F)ccc21. The fourth-order valence-electron chi connectivity index (χ4n) is 1.58. The van der Waals surface area contributed by atoms with Crippen molar-refractivity contribution in [2.45, 2.75) is 18.9 Å². The van der Waals surface area contributed by atoms with Crippen LogP contribution in [0.3, 0.4) is 0 Å². The van der Waals surface area contributed by atoms with E-state index in [9.17, 15) is 4.39 Å². The van der Waals surface area contributed by atoms with Gasteiger partial charge in [0, 0.05) is 17.7 Å². The van der Waals surface area contributed by atoms with Gasteiger partial charge in [-0.15, -0.1) is 0 Å². The van der Waals surface area contributed by atoms with Crippen molar-refractivity contribution < 1.29 is 9.13 Å². The molecule has 0 radical (unpaired) electrons. The second-order valence-corrected chi connectivity index (χ2v) is 3.28. The number of rotatable bonds is 0. The molecule has 0 spiro atoms. The van der Waals surface area contributed by atoms with Crippen LogP contribution in [0.15, 0.2) is 18.2 Å². The molecule has 0 amide bonds. The number of halogens is 1. The predicted molar refractivity (Wildman–Crippen MR) is 48.1 cm³/mol. The van der Waals surface area contributed by atoms with Crippen LogP contribution in [0.5, 0.6) is 5.75 Å². The Kier molecular flexibility index (Phi) is 2.19. The molecule has 1 aromatic rings. The summed E-state index contributed by atoms with van der Waals surface area (Å²) in [6.45, 7) is 0.629. The van der Waals surface area contributed by atoms with E-state index in [0.29, 0.717) is 12.4 Å². The van der Waals surface area contributed by atoms with Crippen molar-refractivity contribution in [2.75, 3.05) is 6.61 Å². The van der Waals surface area contributed by atoms with Gasteiger partial charge in [-0.05, 0) is 18.9 Å². The first-order chi connectivity index (χ1) is 6.27. The van der Waals surface area contributed by atoms with Crippen molar-refractivity contribution in [3.8, 4) is 5.75 Å². The van der Waals surface area contributed by atoms with Gasteiger partial charge in [0.25, 0.3) is 0 Å². The molecule has 70 valence electrons. The standard InChI is InChI=1S/C10H12FNO/c11-7-3-4-8-9(12)2-1-5-13-10(8)6-7/h3-4,6,9H,1-2,5,12H2. The van der Waals surface area contributed by atoms with Crippen LogP contribution in [0, 0.1) is 5.82 Å². The van der Waals surface area contributed by atoms with Gasteiger partial charge in [-0.2, -0.15) is 0 Å². The molecule has 0 aromatic heterocycles. The largest absolute Gasteiger partial charge is 0.493 e. The first-order valence-corrected chi connectivity index (χ1v) is 4.45. The summed E-state index contributed by atoms with van der Waals surface area (Å²) in [5, 5.41) is 0. The molecule has 1 aliphatic heterocycles. The van der Waals surface area contributed by atoms with Gasteiger partial charge in [-0.25, -0.2) is 4.39 Å². The van der Waals surface area contributed by atoms with E-state index < -0.39 is 0 Å². The third-order valence-electron chi connectivity index (χ3n) is 2.29. The number of nitrogens with two attached hydrogens (primary N) is 1. The third kappa shape index (κ3) is 1.65. The Morgan fingerprint density at radius 1 is 1.46 bits per heavy atom. The first-order valence-electron chi connectivity index (χ1n) is 4.45. The van der Waals surface area contributed by atoms with Gasteiger partial charge in [0.1, 0.15) is 11.6 Å². The molecule has 0 bridgehead atoms. The van der Waals surface area contributed by atoms with Crippen molar-refractivity contribution in [1.29, 1.82) is 0 Å². The van der Waals surface area contributed by atoms with Gasteiger partial charge in [0.15, 0.2) is 0 Å². The quantitative estimate of drug-likeness (QED) is 0.664. The van der Waals surface area contributed by atoms with Gasteiger partial charge >= 0.3 is 0 Å². The molecule has 13 heavy (non-hydrogen) atoms. The molecular formula is C10H12FNO. The molecule has 1 heterocycles. The van der Waals surface area contributed by atoms with E-state index in [1.807, 2.05) is 0 Å². The first kappa shape index (κ1) is 8.51. The van der Waals surface area contributed by atoms with Crippen LogP contribution in [-0.2, 0) is 0 Å². The highest BCUT2D eigenvalue weighted by atomic mass is 19.1. The summed E-state index contributed by atoms with van der Waals surface area (Å²) < 4.78 is 18.2. The van der Waals surface area contributed by atoms with Crippen LogP contribution < -0.4 is 10.5 Å². The average molecular weight is 181 g/mol. The summed E-state index contributed by atoms with van der Waals surface area (Å²) in [4.78, 5) is 0. The van der Waals surface area contributed by atoms with E-state index in [1.165, 1.54) is 12.1 Å². The van der Waals surface area contributed by atoms with Gasteiger partial charge in [-0.1, -0.05) is 6.07 Å². The Morgan fingerprint density at radius 2 is 2.31 bits per heavy atom. The van der Waals surface area contributed by atoms with E-state index in [1.54, 1.807) is 6.07 Å². The molecule has 0 aliphatic carbocycles. The zero-order valence-corrected chi connectivity index (χ0v) is 7.29.